The van der Waals surface area contributed by atoms with Crippen LogP contribution in [0.4, 0.5) is 18.9 Å². The van der Waals surface area contributed by atoms with Gasteiger partial charge >= 0.3 is 12.1 Å². The first kappa shape index (κ1) is 14.9. The molecule has 0 radical (unpaired) electrons. The first-order valence-corrected chi connectivity index (χ1v) is 6.04. The number of ether oxygens (including phenoxy) is 1. The summed E-state index contributed by atoms with van der Waals surface area (Å²) >= 11 is 0. The quantitative estimate of drug-likeness (QED) is 0.699. The van der Waals surface area contributed by atoms with E-state index in [1.807, 2.05) is 0 Å². The summed E-state index contributed by atoms with van der Waals surface area (Å²) in [5.74, 6) is -1.55. The Hall–Kier alpha value is -2.51. The van der Waals surface area contributed by atoms with E-state index in [4.69, 9.17) is 10.5 Å². The number of alkyl halides is 3. The van der Waals surface area contributed by atoms with Crippen LogP contribution in [0.25, 0.3) is 0 Å². The van der Waals surface area contributed by atoms with Gasteiger partial charge in [-0.3, -0.25) is 4.68 Å². The molecule has 2 rings (SSSR count). The van der Waals surface area contributed by atoms with Gasteiger partial charge in [0.1, 0.15) is 5.75 Å². The third-order valence-corrected chi connectivity index (χ3v) is 2.76. The maximum absolute atomic E-state index is 12.8. The van der Waals surface area contributed by atoms with Crippen molar-refractivity contribution in [3.8, 4) is 5.75 Å². The molecule has 8 heteroatoms. The summed E-state index contributed by atoms with van der Waals surface area (Å²) < 4.78 is 44.6. The molecule has 0 fully saturated rings. The zero-order chi connectivity index (χ0) is 15.6. The lowest BCUT2D eigenvalue weighted by Crippen LogP contribution is -2.18. The van der Waals surface area contributed by atoms with Crippen LogP contribution in [0.15, 0.2) is 30.5 Å². The molecule has 1 aromatic carbocycles. The summed E-state index contributed by atoms with van der Waals surface area (Å²) in [4.78, 5) is 12.0. The number of carbonyl (C=O) groups excluding carboxylic acids is 1. The van der Waals surface area contributed by atoms with Gasteiger partial charge in [-0.1, -0.05) is 12.1 Å². The van der Waals surface area contributed by atoms with Gasteiger partial charge in [0.05, 0.1) is 17.4 Å². The van der Waals surface area contributed by atoms with Crippen LogP contribution < -0.4 is 10.5 Å². The summed E-state index contributed by atoms with van der Waals surface area (Å²) in [6.07, 6.45) is -3.37. The Balaban J connectivity index is 2.35. The van der Waals surface area contributed by atoms with Crippen LogP contribution in [-0.2, 0) is 12.7 Å². The fourth-order valence-corrected chi connectivity index (χ4v) is 1.80. The summed E-state index contributed by atoms with van der Waals surface area (Å²) in [6, 6.07) is 4.47. The van der Waals surface area contributed by atoms with Crippen LogP contribution in [0.2, 0.25) is 0 Å². The number of halogens is 3. The second-order valence-corrected chi connectivity index (χ2v) is 4.15. The maximum Gasteiger partial charge on any atom is 0.419 e. The lowest BCUT2D eigenvalue weighted by atomic mass is 10.2. The second kappa shape index (κ2) is 5.47. The summed E-state index contributed by atoms with van der Waals surface area (Å²) in [7, 11) is 0. The molecule has 0 amide bonds. The van der Waals surface area contributed by atoms with Crippen molar-refractivity contribution in [2.75, 3.05) is 5.73 Å². The van der Waals surface area contributed by atoms with Gasteiger partial charge < -0.3 is 10.5 Å². The molecule has 21 heavy (non-hydrogen) atoms. The first-order chi connectivity index (χ1) is 9.84. The molecular formula is C13H12F3N3O2. The number of anilines is 1. The monoisotopic (exact) mass is 299 g/mol. The van der Waals surface area contributed by atoms with Crippen LogP contribution in [0.5, 0.6) is 5.75 Å². The lowest BCUT2D eigenvalue weighted by Gasteiger charge is -2.13. The Morgan fingerprint density at radius 1 is 1.38 bits per heavy atom. The number of rotatable bonds is 3. The largest absolute Gasteiger partial charge is 0.421 e. The number of benzene rings is 1. The topological polar surface area (TPSA) is 70.1 Å². The minimum absolute atomic E-state index is 0.0475. The lowest BCUT2D eigenvalue weighted by molar-refractivity contribution is -0.138. The molecule has 0 aliphatic carbocycles. The van der Waals surface area contributed by atoms with E-state index < -0.39 is 23.5 Å². The standard InChI is InChI=1S/C13H12F3N3O2/c1-2-19-11(9(17)7-18-19)12(20)21-10-6-4-3-5-8(10)13(14,15)16/h3-7H,2,17H2,1H3. The molecule has 0 bridgehead atoms. The highest BCUT2D eigenvalue weighted by molar-refractivity contribution is 5.94. The number of hydrogen-bond acceptors (Lipinski definition) is 4. The van der Waals surface area contributed by atoms with E-state index in [1.165, 1.54) is 23.0 Å². The highest BCUT2D eigenvalue weighted by Crippen LogP contribution is 2.36. The first-order valence-electron chi connectivity index (χ1n) is 6.04. The van der Waals surface area contributed by atoms with Crippen molar-refractivity contribution >= 4 is 11.7 Å². The number of nitrogen functional groups attached to an aromatic ring is 1. The zero-order valence-electron chi connectivity index (χ0n) is 11.0. The van der Waals surface area contributed by atoms with E-state index >= 15 is 0 Å². The minimum Gasteiger partial charge on any atom is -0.421 e. The Kier molecular flexibility index (Phi) is 3.88. The molecule has 0 aliphatic rings. The molecule has 0 unspecified atom stereocenters. The number of hydrogen-bond donors (Lipinski definition) is 1. The SMILES string of the molecule is CCn1ncc(N)c1C(=O)Oc1ccccc1C(F)(F)F. The third kappa shape index (κ3) is 2.99. The van der Waals surface area contributed by atoms with Crippen LogP contribution in [0, 0.1) is 0 Å². The third-order valence-electron chi connectivity index (χ3n) is 2.76. The van der Waals surface area contributed by atoms with E-state index in [-0.39, 0.29) is 11.4 Å². The number of aromatic nitrogens is 2. The number of nitrogens with zero attached hydrogens (tertiary/aromatic N) is 2. The Labute approximate surface area is 118 Å². The van der Waals surface area contributed by atoms with Crippen molar-refractivity contribution in [3.05, 3.63) is 41.7 Å². The number of aryl methyl sites for hydroxylation is 1. The number of para-hydroxylation sites is 1. The summed E-state index contributed by atoms with van der Waals surface area (Å²) in [6.45, 7) is 2.05. The van der Waals surface area contributed by atoms with Crippen molar-refractivity contribution < 1.29 is 22.7 Å². The van der Waals surface area contributed by atoms with Crippen LogP contribution in [0.1, 0.15) is 23.0 Å². The second-order valence-electron chi connectivity index (χ2n) is 4.15. The van der Waals surface area contributed by atoms with E-state index in [1.54, 1.807) is 6.92 Å². The Morgan fingerprint density at radius 3 is 2.67 bits per heavy atom. The van der Waals surface area contributed by atoms with Gasteiger partial charge in [0.2, 0.25) is 0 Å². The van der Waals surface area contributed by atoms with Gasteiger partial charge in [-0.2, -0.15) is 18.3 Å². The van der Waals surface area contributed by atoms with Crippen LogP contribution >= 0.6 is 0 Å². The van der Waals surface area contributed by atoms with Gasteiger partial charge in [-0.05, 0) is 19.1 Å². The number of nitrogens with two attached hydrogens (primary N) is 1. The van der Waals surface area contributed by atoms with E-state index in [2.05, 4.69) is 5.10 Å². The molecule has 0 saturated heterocycles. The van der Waals surface area contributed by atoms with Crippen LogP contribution in [-0.4, -0.2) is 15.7 Å². The van der Waals surface area contributed by atoms with Gasteiger partial charge in [0, 0.05) is 6.54 Å². The fraction of sp³-hybridized carbons (Fsp3) is 0.231. The van der Waals surface area contributed by atoms with Gasteiger partial charge in [-0.25, -0.2) is 4.79 Å². The average Bonchev–Trinajstić information content (AvgIpc) is 2.79. The predicted octanol–water partition coefficient (Wildman–Crippen LogP) is 2.72. The molecule has 0 spiro atoms. The van der Waals surface area contributed by atoms with Crippen molar-refractivity contribution in [1.29, 1.82) is 0 Å². The smallest absolute Gasteiger partial charge is 0.419 e. The Bertz CT molecular complexity index is 665. The summed E-state index contributed by atoms with van der Waals surface area (Å²) in [5.41, 5.74) is 4.53. The molecule has 0 aliphatic heterocycles. The molecule has 0 saturated carbocycles. The van der Waals surface area contributed by atoms with Crippen molar-refractivity contribution in [3.63, 3.8) is 0 Å². The Morgan fingerprint density at radius 2 is 2.05 bits per heavy atom. The van der Waals surface area contributed by atoms with E-state index in [9.17, 15) is 18.0 Å². The predicted molar refractivity (Wildman–Crippen MR) is 68.7 cm³/mol. The number of carbonyl (C=O) groups is 1. The minimum atomic E-state index is -4.62. The van der Waals surface area contributed by atoms with Crippen molar-refractivity contribution in [2.45, 2.75) is 19.6 Å². The van der Waals surface area contributed by atoms with Gasteiger partial charge in [-0.15, -0.1) is 0 Å². The average molecular weight is 299 g/mol. The van der Waals surface area contributed by atoms with Crippen molar-refractivity contribution in [1.82, 2.24) is 9.78 Å². The van der Waals surface area contributed by atoms with E-state index in [0.29, 0.717) is 6.54 Å². The van der Waals surface area contributed by atoms with Gasteiger partial charge in [0.15, 0.2) is 5.69 Å². The fourth-order valence-electron chi connectivity index (χ4n) is 1.80. The molecule has 2 aromatic rings. The zero-order valence-corrected chi connectivity index (χ0v) is 11.0. The molecule has 0 atom stereocenters. The normalized spacial score (nSPS) is 11.4. The molecule has 112 valence electrons. The molecule has 2 N–H and O–H groups in total. The summed E-state index contributed by atoms with van der Waals surface area (Å²) in [5, 5.41) is 3.84. The molecule has 5 nitrogen and oxygen atoms in total. The van der Waals surface area contributed by atoms with Gasteiger partial charge in [0.25, 0.3) is 0 Å². The maximum atomic E-state index is 12.8. The van der Waals surface area contributed by atoms with Crippen molar-refractivity contribution in [2.24, 2.45) is 0 Å². The molecular weight excluding hydrogens is 287 g/mol. The van der Waals surface area contributed by atoms with E-state index in [0.717, 1.165) is 12.1 Å². The van der Waals surface area contributed by atoms with Crippen LogP contribution in [0.3, 0.4) is 0 Å². The highest BCUT2D eigenvalue weighted by Gasteiger charge is 2.35. The molecule has 1 heterocycles. The molecule has 1 aromatic heterocycles. The highest BCUT2D eigenvalue weighted by atomic mass is 19.4. The number of esters is 1.